The van der Waals surface area contributed by atoms with Gasteiger partial charge in [-0.05, 0) is 296 Å². The first-order valence-electron chi connectivity index (χ1n) is 42.6. The van der Waals surface area contributed by atoms with Crippen LogP contribution in [-0.2, 0) is 37.2 Å². The summed E-state index contributed by atoms with van der Waals surface area (Å²) in [5.74, 6) is 0. The van der Waals surface area contributed by atoms with Gasteiger partial charge in [-0.2, -0.15) is 0 Å². The molecule has 4 saturated heterocycles. The first kappa shape index (κ1) is 78.2. The Hall–Kier alpha value is -9.84. The molecule has 8 heterocycles. The van der Waals surface area contributed by atoms with E-state index >= 15 is 0 Å². The molecule has 4 aromatic heterocycles. The van der Waals surface area contributed by atoms with Gasteiger partial charge in [0.15, 0.2) is 0 Å². The van der Waals surface area contributed by atoms with Gasteiger partial charge in [-0.3, -0.25) is 0 Å². The van der Waals surface area contributed by atoms with Crippen molar-refractivity contribution < 1.29 is 37.2 Å². The molecule has 0 N–H and O–H groups in total. The lowest BCUT2D eigenvalue weighted by atomic mass is 9.74. The van der Waals surface area contributed by atoms with Crippen LogP contribution in [0.15, 0.2) is 267 Å². The first-order chi connectivity index (χ1) is 58.3. The Bertz CT molecular complexity index is 7860. The highest BCUT2D eigenvalue weighted by Crippen LogP contribution is 2.50. The summed E-state index contributed by atoms with van der Waals surface area (Å²) in [7, 11) is -1.43. The zero-order valence-electron chi connectivity index (χ0n) is 71.6. The van der Waals surface area contributed by atoms with Crippen LogP contribution in [0.25, 0.3) is 178 Å². The Morgan fingerprint density at radius 1 is 0.180 bits per heavy atom. The van der Waals surface area contributed by atoms with Crippen LogP contribution < -0.4 is 21.9 Å². The third-order valence-corrected chi connectivity index (χ3v) is 32.9. The Morgan fingerprint density at radius 2 is 0.541 bits per heavy atom. The molecule has 0 saturated carbocycles. The molecule has 0 unspecified atom stereocenters. The van der Waals surface area contributed by atoms with Crippen LogP contribution in [0.1, 0.15) is 111 Å². The highest BCUT2D eigenvalue weighted by Gasteiger charge is 2.55. The zero-order valence-corrected chi connectivity index (χ0v) is 74.9. The maximum absolute atomic E-state index is 6.53. The number of benzene rings is 17. The molecular formula is C106H92B4O8S4. The molecule has 0 bridgehead atoms. The van der Waals surface area contributed by atoms with Crippen molar-refractivity contribution in [2.45, 2.75) is 156 Å². The summed E-state index contributed by atoms with van der Waals surface area (Å²) < 4.78 is 61.5. The molecule has 25 rings (SSSR count). The second kappa shape index (κ2) is 27.8. The Morgan fingerprint density at radius 3 is 1.11 bits per heavy atom. The normalized spacial score (nSPS) is 18.2. The minimum absolute atomic E-state index is 0.333. The smallest absolute Gasteiger partial charge is 0.399 e. The van der Waals surface area contributed by atoms with E-state index in [1.807, 2.05) is 45.3 Å². The molecular weight excluding hydrogens is 1570 g/mol. The molecule has 0 atom stereocenters. The van der Waals surface area contributed by atoms with Gasteiger partial charge in [0.2, 0.25) is 0 Å². The van der Waals surface area contributed by atoms with Crippen LogP contribution in [0, 0.1) is 0 Å². The van der Waals surface area contributed by atoms with E-state index in [0.717, 1.165) is 21.9 Å². The van der Waals surface area contributed by atoms with E-state index in [9.17, 15) is 0 Å². The second-order valence-electron chi connectivity index (χ2n) is 37.9. The molecule has 0 spiro atoms. The van der Waals surface area contributed by atoms with Gasteiger partial charge in [0.1, 0.15) is 0 Å². The van der Waals surface area contributed by atoms with Gasteiger partial charge in [-0.1, -0.05) is 200 Å². The maximum atomic E-state index is 6.53. The summed E-state index contributed by atoms with van der Waals surface area (Å²) in [5, 5.41) is 33.7. The Labute approximate surface area is 727 Å². The fourth-order valence-electron chi connectivity index (χ4n) is 18.6. The van der Waals surface area contributed by atoms with Gasteiger partial charge < -0.3 is 37.2 Å². The molecule has 0 amide bonds. The van der Waals surface area contributed by atoms with Crippen molar-refractivity contribution in [3.8, 4) is 0 Å². The fourth-order valence-corrected chi connectivity index (χ4v) is 23.3. The number of hydrogen-bond donors (Lipinski definition) is 0. The largest absolute Gasteiger partial charge is 0.495 e. The number of hydrogen-bond acceptors (Lipinski definition) is 12. The van der Waals surface area contributed by atoms with Crippen LogP contribution in [0.4, 0.5) is 0 Å². The van der Waals surface area contributed by atoms with Crippen molar-refractivity contribution in [2.75, 3.05) is 0 Å². The standard InChI is InChI=1S/C28H23BO2S.3C26H23BO2S/c1-27(2)28(3,4)31-29(30-27)18-13-14-22-21(15-18)25-19-9-5-7-16-11-12-17-8-6-10-20(26(25)32-22)24(17)23(16)19;1-25(2)26(3,4)29-27(28-25)21-15-20-18-11-7-8-12-22(18)30-24(20)19-14-13-16-9-5-6-10-17(16)23(19)21;1-25(2)26(3,4)29-27(28-25)19-10-12-22-21(15-19)24-20-14-17-8-6-5-7-16(17)13-18(20)9-11-23(24)30-22;1-25(2)26(3,4)29-27(28-25)20-9-10-23-22(15-20)21-13-18-11-16-7-5-6-8-17(16)12-19(18)14-24(21)30-23/h5-15H,1-4H3;3*5-15H,1-4H3. The molecule has 122 heavy (non-hydrogen) atoms. The van der Waals surface area contributed by atoms with Crippen molar-refractivity contribution in [1.29, 1.82) is 0 Å². The summed E-state index contributed by atoms with van der Waals surface area (Å²) in [4.78, 5) is 0. The minimum atomic E-state index is -0.397. The van der Waals surface area contributed by atoms with E-state index in [1.54, 1.807) is 0 Å². The molecule has 4 aliphatic rings. The van der Waals surface area contributed by atoms with E-state index in [-0.39, 0.29) is 66.2 Å². The van der Waals surface area contributed by atoms with E-state index in [4.69, 9.17) is 37.2 Å². The van der Waals surface area contributed by atoms with Crippen molar-refractivity contribution in [1.82, 2.24) is 0 Å². The van der Waals surface area contributed by atoms with Crippen LogP contribution in [0.3, 0.4) is 0 Å². The molecule has 17 aromatic carbocycles. The van der Waals surface area contributed by atoms with Crippen molar-refractivity contribution >= 4 is 273 Å². The van der Waals surface area contributed by atoms with E-state index < -0.39 is 7.12 Å². The minimum Gasteiger partial charge on any atom is -0.399 e. The number of fused-ring (bicyclic) bond motifs is 23. The highest BCUT2D eigenvalue weighted by molar-refractivity contribution is 7.28. The lowest BCUT2D eigenvalue weighted by molar-refractivity contribution is 0.00578. The van der Waals surface area contributed by atoms with Crippen LogP contribution in [0.2, 0.25) is 0 Å². The first-order valence-corrected chi connectivity index (χ1v) is 45.9. The highest BCUT2D eigenvalue weighted by atomic mass is 32.1. The molecule has 4 aliphatic heterocycles. The van der Waals surface area contributed by atoms with E-state index in [0.29, 0.717) is 0 Å². The summed E-state index contributed by atoms with van der Waals surface area (Å²) in [5.41, 5.74) is 1.59. The lowest BCUT2D eigenvalue weighted by Gasteiger charge is -2.32. The third-order valence-electron chi connectivity index (χ3n) is 28.2. The van der Waals surface area contributed by atoms with Gasteiger partial charge in [-0.15, -0.1) is 45.3 Å². The van der Waals surface area contributed by atoms with Crippen LogP contribution in [0.5, 0.6) is 0 Å². The Balaban J connectivity index is 0.0000000972. The molecule has 4 fully saturated rings. The van der Waals surface area contributed by atoms with Gasteiger partial charge >= 0.3 is 28.5 Å². The van der Waals surface area contributed by atoms with Crippen LogP contribution >= 0.6 is 45.3 Å². The van der Waals surface area contributed by atoms with Crippen molar-refractivity contribution in [3.05, 3.63) is 267 Å². The summed E-state index contributed by atoms with van der Waals surface area (Å²) in [6.07, 6.45) is 0. The predicted molar refractivity (Wildman–Crippen MR) is 529 cm³/mol. The average Bonchev–Trinajstić information content (AvgIpc) is 1.55. The summed E-state index contributed by atoms with van der Waals surface area (Å²) in [6.45, 7) is 33.7. The van der Waals surface area contributed by atoms with Gasteiger partial charge in [0, 0.05) is 80.7 Å². The molecule has 0 aliphatic carbocycles. The van der Waals surface area contributed by atoms with Gasteiger partial charge in [0.05, 0.1) is 44.8 Å². The number of rotatable bonds is 4. The van der Waals surface area contributed by atoms with Gasteiger partial charge in [0.25, 0.3) is 0 Å². The third kappa shape index (κ3) is 12.5. The zero-order chi connectivity index (χ0) is 83.8. The fraction of sp³-hybridized carbons (Fsp3) is 0.226. The van der Waals surface area contributed by atoms with E-state index in [2.05, 4.69) is 378 Å². The quantitative estimate of drug-likeness (QED) is 0.0980. The number of thiophene rings is 4. The van der Waals surface area contributed by atoms with Crippen LogP contribution in [-0.4, -0.2) is 73.3 Å². The lowest BCUT2D eigenvalue weighted by Crippen LogP contribution is -2.41. The monoisotopic (exact) mass is 1660 g/mol. The molecule has 0 radical (unpaired) electrons. The molecule has 8 nitrogen and oxygen atoms in total. The van der Waals surface area contributed by atoms with Gasteiger partial charge in [-0.25, -0.2) is 0 Å². The SMILES string of the molecule is CC1(C)OB(c2cc3c4ccccc4sc3c3ccc4ccccc4c23)OC1(C)C.CC1(C)OB(c2ccc3sc4c5cccc6ccc7cccc(c4c3c2)c7c65)OC1(C)C.CC1(C)OB(c2ccc3sc4cc5cc6ccccc6cc5cc4c3c2)OC1(C)C.CC1(C)OB(c2ccc3sc4ccc5cc6ccccc6cc5c4c3c2)OC1(C)C. The predicted octanol–water partition coefficient (Wildman–Crippen LogP) is 27.2. The van der Waals surface area contributed by atoms with E-state index in [1.165, 1.54) is 178 Å². The molecule has 21 aromatic rings. The summed E-state index contributed by atoms with van der Waals surface area (Å²) >= 11 is 7.46. The topological polar surface area (TPSA) is 73.8 Å². The van der Waals surface area contributed by atoms with Crippen molar-refractivity contribution in [3.63, 3.8) is 0 Å². The average molecular weight is 1670 g/mol. The molecule has 16 heteroatoms. The van der Waals surface area contributed by atoms with Crippen molar-refractivity contribution in [2.24, 2.45) is 0 Å². The second-order valence-corrected chi connectivity index (χ2v) is 42.2. The maximum Gasteiger partial charge on any atom is 0.495 e. The summed E-state index contributed by atoms with van der Waals surface area (Å²) in [6, 6.07) is 97.4. The molecule has 600 valence electrons. The Kier molecular flexibility index (Phi) is 17.8.